The number of ether oxygens (including phenoxy) is 3. The molecule has 11 heteroatoms. The van der Waals surface area contributed by atoms with Crippen molar-refractivity contribution in [1.29, 1.82) is 0 Å². The van der Waals surface area contributed by atoms with Crippen molar-refractivity contribution < 1.29 is 37.3 Å². The van der Waals surface area contributed by atoms with Gasteiger partial charge in [0.1, 0.15) is 17.3 Å². The molecule has 0 radical (unpaired) electrons. The smallest absolute Gasteiger partial charge is 0.288 e. The normalized spacial score (nSPS) is 16.3. The Morgan fingerprint density at radius 2 is 1.79 bits per heavy atom. The fourth-order valence-corrected chi connectivity index (χ4v) is 3.86. The largest absolute Gasteiger partial charge is 0.512 e. The van der Waals surface area contributed by atoms with Crippen molar-refractivity contribution in [3.05, 3.63) is 76.4 Å². The molecule has 2 N–H and O–H groups in total. The van der Waals surface area contributed by atoms with Gasteiger partial charge in [-0.25, -0.2) is 18.2 Å². The van der Waals surface area contributed by atoms with Crippen LogP contribution >= 0.6 is 11.6 Å². The number of carbonyl (C=O) groups excluding carboxylic acids is 1. The minimum absolute atomic E-state index is 0.0854. The van der Waals surface area contributed by atoms with Crippen LogP contribution in [0, 0.1) is 5.82 Å². The van der Waals surface area contributed by atoms with Crippen LogP contribution in [-0.4, -0.2) is 48.8 Å². The summed E-state index contributed by atoms with van der Waals surface area (Å²) in [5.41, 5.74) is 1.70. The maximum atomic E-state index is 13.7. The lowest BCUT2D eigenvalue weighted by atomic mass is 10.1. The first-order valence-electron chi connectivity index (χ1n) is 11.4. The Labute approximate surface area is 221 Å². The Hall–Kier alpha value is -3.92. The predicted molar refractivity (Wildman–Crippen MR) is 136 cm³/mol. The van der Waals surface area contributed by atoms with E-state index >= 15 is 0 Å². The number of allylic oxidation sites excluding steroid dienone is 1. The van der Waals surface area contributed by atoms with Crippen LogP contribution < -0.4 is 19.5 Å². The van der Waals surface area contributed by atoms with Gasteiger partial charge in [-0.15, -0.1) is 0 Å². The molecule has 0 spiro atoms. The highest BCUT2D eigenvalue weighted by atomic mass is 35.5. The first-order chi connectivity index (χ1) is 18.0. The second-order valence-corrected chi connectivity index (χ2v) is 8.97. The molecule has 7 nitrogen and oxygen atoms in total. The summed E-state index contributed by atoms with van der Waals surface area (Å²) in [6.45, 7) is 1.35. The van der Waals surface area contributed by atoms with Crippen LogP contribution in [0.25, 0.3) is 16.8 Å². The lowest BCUT2D eigenvalue weighted by molar-refractivity contribution is 0.0655. The number of aliphatic hydroxyl groups excluding tert-OH is 1. The summed E-state index contributed by atoms with van der Waals surface area (Å²) in [5, 5.41) is 13.0. The average molecular weight is 549 g/mol. The van der Waals surface area contributed by atoms with Gasteiger partial charge in [0.25, 0.3) is 11.8 Å². The van der Waals surface area contributed by atoms with Gasteiger partial charge in [-0.05, 0) is 55.5 Å². The molecule has 1 fully saturated rings. The monoisotopic (exact) mass is 548 g/mol. The molecular weight excluding hydrogens is 525 g/mol. The highest BCUT2D eigenvalue weighted by molar-refractivity contribution is 6.31. The Morgan fingerprint density at radius 3 is 2.39 bits per heavy atom. The molecular formula is C27H24ClF3N2O5. The summed E-state index contributed by atoms with van der Waals surface area (Å²) in [4.78, 5) is 17.4. The van der Waals surface area contributed by atoms with Crippen molar-refractivity contribution in [3.8, 4) is 28.5 Å². The third-order valence-corrected chi connectivity index (χ3v) is 6.20. The number of rotatable bonds is 9. The van der Waals surface area contributed by atoms with Gasteiger partial charge in [0.15, 0.2) is 17.6 Å². The van der Waals surface area contributed by atoms with Gasteiger partial charge in [-0.1, -0.05) is 11.6 Å². The number of carbonyl (C=O) groups is 1. The fraction of sp³-hybridized carbons (Fsp3) is 0.259. The number of methoxy groups -OCH3 is 2. The van der Waals surface area contributed by atoms with Gasteiger partial charge in [0.2, 0.25) is 0 Å². The zero-order chi connectivity index (χ0) is 27.6. The molecule has 0 aliphatic heterocycles. The van der Waals surface area contributed by atoms with Crippen molar-refractivity contribution in [2.24, 2.45) is 0 Å². The van der Waals surface area contributed by atoms with Gasteiger partial charge in [0.05, 0.1) is 37.1 Å². The molecule has 1 amide bonds. The molecule has 200 valence electrons. The van der Waals surface area contributed by atoms with E-state index in [1.807, 2.05) is 0 Å². The number of nitrogens with zero attached hydrogens (tertiary/aromatic N) is 1. The zero-order valence-electron chi connectivity index (χ0n) is 20.6. The molecule has 1 aliphatic rings. The average Bonchev–Trinajstić information content (AvgIpc) is 3.50. The van der Waals surface area contributed by atoms with Crippen molar-refractivity contribution in [2.75, 3.05) is 20.8 Å². The quantitative estimate of drug-likeness (QED) is 0.316. The number of aromatic nitrogens is 1. The fourth-order valence-electron chi connectivity index (χ4n) is 3.68. The van der Waals surface area contributed by atoms with Crippen LogP contribution in [0.15, 0.2) is 54.3 Å². The first-order valence-corrected chi connectivity index (χ1v) is 11.8. The summed E-state index contributed by atoms with van der Waals surface area (Å²) in [6, 6.07) is 11.5. The Bertz CT molecular complexity index is 1410. The highest BCUT2D eigenvalue weighted by Gasteiger charge is 2.60. The summed E-state index contributed by atoms with van der Waals surface area (Å²) in [5.74, 6) is -3.41. The standard InChI is InChI=1S/C27H24ClF3N2O5/c1-14(34)17(20-7-9-22(36-2)25(33-20)15-4-6-19(29)18(28)10-15)13-32-26(35)16-5-8-21(23(11-16)37-3)38-24-12-27(24,30)31/h4-11,24,34H,12-13H2,1-3H3,(H,32,35)/b17-14+. The van der Waals surface area contributed by atoms with Gasteiger partial charge >= 0.3 is 0 Å². The molecule has 1 atom stereocenters. The van der Waals surface area contributed by atoms with Crippen LogP contribution in [0.4, 0.5) is 13.2 Å². The number of alkyl halides is 2. The molecule has 4 rings (SSSR count). The lowest BCUT2D eigenvalue weighted by Gasteiger charge is -2.15. The van der Waals surface area contributed by atoms with E-state index in [0.29, 0.717) is 28.3 Å². The third-order valence-electron chi connectivity index (χ3n) is 5.91. The molecule has 1 unspecified atom stereocenters. The van der Waals surface area contributed by atoms with Crippen LogP contribution in [0.2, 0.25) is 5.02 Å². The van der Waals surface area contributed by atoms with Crippen LogP contribution in [0.5, 0.6) is 17.2 Å². The highest BCUT2D eigenvalue weighted by Crippen LogP contribution is 2.46. The molecule has 1 saturated carbocycles. The number of benzene rings is 2. The maximum absolute atomic E-state index is 13.7. The molecule has 0 bridgehead atoms. The van der Waals surface area contributed by atoms with E-state index in [1.54, 1.807) is 12.1 Å². The minimum atomic E-state index is -2.87. The second kappa shape index (κ2) is 10.8. The molecule has 1 heterocycles. The number of halogens is 4. The molecule has 38 heavy (non-hydrogen) atoms. The number of pyridine rings is 1. The predicted octanol–water partition coefficient (Wildman–Crippen LogP) is 6.06. The Balaban J connectivity index is 1.54. The van der Waals surface area contributed by atoms with Crippen molar-refractivity contribution >= 4 is 23.1 Å². The number of aliphatic hydroxyl groups is 1. The van der Waals surface area contributed by atoms with Crippen molar-refractivity contribution in [3.63, 3.8) is 0 Å². The lowest BCUT2D eigenvalue weighted by Crippen LogP contribution is -2.26. The van der Waals surface area contributed by atoms with Gasteiger partial charge in [0, 0.05) is 23.2 Å². The van der Waals surface area contributed by atoms with Gasteiger partial charge < -0.3 is 24.6 Å². The summed E-state index contributed by atoms with van der Waals surface area (Å²) in [6.07, 6.45) is -1.59. The summed E-state index contributed by atoms with van der Waals surface area (Å²) >= 11 is 5.94. The van der Waals surface area contributed by atoms with E-state index < -0.39 is 23.8 Å². The molecule has 0 saturated heterocycles. The summed E-state index contributed by atoms with van der Waals surface area (Å²) in [7, 11) is 2.80. The Morgan fingerprint density at radius 1 is 1.11 bits per heavy atom. The minimum Gasteiger partial charge on any atom is -0.512 e. The Kier molecular flexibility index (Phi) is 7.73. The first kappa shape index (κ1) is 27.1. The van der Waals surface area contributed by atoms with Gasteiger partial charge in [-0.3, -0.25) is 4.79 Å². The second-order valence-electron chi connectivity index (χ2n) is 8.56. The topological polar surface area (TPSA) is 89.9 Å². The molecule has 2 aromatic carbocycles. The molecule has 1 aromatic heterocycles. The summed E-state index contributed by atoms with van der Waals surface area (Å²) < 4.78 is 56.0. The number of amides is 1. The van der Waals surface area contributed by atoms with E-state index in [4.69, 9.17) is 25.8 Å². The van der Waals surface area contributed by atoms with Crippen LogP contribution in [0.1, 0.15) is 29.4 Å². The number of hydrogen-bond acceptors (Lipinski definition) is 6. The van der Waals surface area contributed by atoms with Crippen LogP contribution in [0.3, 0.4) is 0 Å². The van der Waals surface area contributed by atoms with E-state index in [2.05, 4.69) is 10.3 Å². The van der Waals surface area contributed by atoms with E-state index in [-0.39, 0.29) is 40.8 Å². The molecule has 3 aromatic rings. The van der Waals surface area contributed by atoms with Crippen molar-refractivity contribution in [2.45, 2.75) is 25.4 Å². The maximum Gasteiger partial charge on any atom is 0.288 e. The van der Waals surface area contributed by atoms with Gasteiger partial charge in [-0.2, -0.15) is 0 Å². The van der Waals surface area contributed by atoms with Crippen molar-refractivity contribution in [1.82, 2.24) is 10.3 Å². The van der Waals surface area contributed by atoms with E-state index in [9.17, 15) is 23.1 Å². The number of hydrogen-bond donors (Lipinski definition) is 2. The third kappa shape index (κ3) is 5.80. The zero-order valence-corrected chi connectivity index (χ0v) is 21.4. The van der Waals surface area contributed by atoms with E-state index in [1.165, 1.54) is 57.5 Å². The molecule has 1 aliphatic carbocycles. The SMILES string of the molecule is COc1cc(C(=O)NC/C(=C(/C)O)c2ccc(OC)c(-c3ccc(F)c(Cl)c3)n2)ccc1OC1CC1(F)F. The van der Waals surface area contributed by atoms with Crippen LogP contribution in [-0.2, 0) is 0 Å². The number of nitrogens with one attached hydrogen (secondary N) is 1. The van der Waals surface area contributed by atoms with E-state index in [0.717, 1.165) is 0 Å².